The molecule has 0 radical (unpaired) electrons. The van der Waals surface area contributed by atoms with E-state index in [2.05, 4.69) is 0 Å². The van der Waals surface area contributed by atoms with Gasteiger partial charge in [0.05, 0.1) is 12.6 Å². The number of carbonyl (C=O) groups excluding carboxylic acids is 1. The smallest absolute Gasteiger partial charge is 0.324 e. The third-order valence-electron chi connectivity index (χ3n) is 1.88. The minimum absolute atomic E-state index is 0.122. The molecule has 0 aromatic heterocycles. The normalized spacial score (nSPS) is 14.3. The van der Waals surface area contributed by atoms with Crippen LogP contribution in [0.5, 0.6) is 0 Å². The van der Waals surface area contributed by atoms with Crippen molar-refractivity contribution in [3.8, 4) is 0 Å². The van der Waals surface area contributed by atoms with Crippen LogP contribution in [-0.2, 0) is 4.79 Å². The molecule has 0 aromatic rings. The van der Waals surface area contributed by atoms with Crippen LogP contribution < -0.4 is 11.1 Å². The Hall–Kier alpha value is -0.850. The van der Waals surface area contributed by atoms with Gasteiger partial charge in [-0.3, -0.25) is 4.79 Å². The summed E-state index contributed by atoms with van der Waals surface area (Å²) in [7, 11) is 0. The minimum atomic E-state index is -4.22. The zero-order valence-electron chi connectivity index (χ0n) is 9.14. The van der Waals surface area contributed by atoms with Gasteiger partial charge in [-0.25, -0.2) is 8.78 Å². The van der Waals surface area contributed by atoms with Crippen LogP contribution in [0.15, 0.2) is 0 Å². The fourth-order valence-electron chi connectivity index (χ4n) is 1.03. The monoisotopic (exact) mass is 244 g/mol. The zero-order valence-corrected chi connectivity index (χ0v) is 9.14. The first kappa shape index (κ1) is 15.2. The van der Waals surface area contributed by atoms with Crippen molar-refractivity contribution >= 4 is 5.91 Å². The Labute approximate surface area is 91.4 Å². The fraction of sp³-hybridized carbons (Fsp3) is 0.889. The molecule has 1 amide bonds. The molecule has 3 nitrogen and oxygen atoms in total. The van der Waals surface area contributed by atoms with E-state index in [-0.39, 0.29) is 5.92 Å². The second-order valence-electron chi connectivity index (χ2n) is 4.02. The van der Waals surface area contributed by atoms with Gasteiger partial charge in [0.2, 0.25) is 5.91 Å². The van der Waals surface area contributed by atoms with Gasteiger partial charge in [0, 0.05) is 0 Å². The van der Waals surface area contributed by atoms with Crippen LogP contribution in [0.1, 0.15) is 20.3 Å². The van der Waals surface area contributed by atoms with Crippen molar-refractivity contribution in [1.29, 1.82) is 0 Å². The lowest BCUT2D eigenvalue weighted by Crippen LogP contribution is -2.47. The summed E-state index contributed by atoms with van der Waals surface area (Å²) in [6.07, 6.45) is -3.49. The van der Waals surface area contributed by atoms with Crippen molar-refractivity contribution in [1.82, 2.24) is 5.32 Å². The highest BCUT2D eigenvalue weighted by molar-refractivity contribution is 5.81. The highest BCUT2D eigenvalue weighted by Crippen LogP contribution is 2.21. The van der Waals surface area contributed by atoms with Crippen molar-refractivity contribution < 1.29 is 22.4 Å². The summed E-state index contributed by atoms with van der Waals surface area (Å²) in [5.41, 5.74) is 5.38. The third kappa shape index (κ3) is 5.29. The molecule has 0 bridgehead atoms. The summed E-state index contributed by atoms with van der Waals surface area (Å²) in [5.74, 6) is -4.93. The van der Waals surface area contributed by atoms with Gasteiger partial charge in [0.1, 0.15) is 0 Å². The fourth-order valence-corrected chi connectivity index (χ4v) is 1.03. The van der Waals surface area contributed by atoms with Crippen molar-refractivity contribution in [2.75, 3.05) is 6.54 Å². The SMILES string of the molecule is CC(C)C[C@@H](N)C(=O)NCC(F)(F)C(F)F. The van der Waals surface area contributed by atoms with E-state index in [1.807, 2.05) is 0 Å². The highest BCUT2D eigenvalue weighted by Gasteiger charge is 2.41. The Bertz CT molecular complexity index is 234. The lowest BCUT2D eigenvalue weighted by Gasteiger charge is -2.18. The van der Waals surface area contributed by atoms with Gasteiger partial charge >= 0.3 is 12.3 Å². The molecule has 0 fully saturated rings. The Morgan fingerprint density at radius 1 is 1.38 bits per heavy atom. The molecule has 0 spiro atoms. The van der Waals surface area contributed by atoms with Crippen molar-refractivity contribution in [3.63, 3.8) is 0 Å². The van der Waals surface area contributed by atoms with Gasteiger partial charge in [-0.1, -0.05) is 13.8 Å². The lowest BCUT2D eigenvalue weighted by atomic mass is 10.0. The first-order chi connectivity index (χ1) is 7.16. The molecule has 0 aliphatic heterocycles. The number of amides is 1. The predicted octanol–water partition coefficient (Wildman–Crippen LogP) is 1.38. The van der Waals surface area contributed by atoms with Gasteiger partial charge in [-0.15, -0.1) is 0 Å². The second kappa shape index (κ2) is 6.03. The summed E-state index contributed by atoms with van der Waals surface area (Å²) in [6, 6.07) is -0.950. The topological polar surface area (TPSA) is 55.1 Å². The Kier molecular flexibility index (Phi) is 5.71. The molecule has 0 aromatic carbocycles. The van der Waals surface area contributed by atoms with E-state index in [9.17, 15) is 22.4 Å². The first-order valence-electron chi connectivity index (χ1n) is 4.86. The highest BCUT2D eigenvalue weighted by atomic mass is 19.3. The Balaban J connectivity index is 4.07. The molecule has 0 rings (SSSR count). The number of hydrogen-bond acceptors (Lipinski definition) is 2. The summed E-state index contributed by atoms with van der Waals surface area (Å²) < 4.78 is 48.3. The maximum Gasteiger partial charge on any atom is 0.324 e. The van der Waals surface area contributed by atoms with Crippen LogP contribution in [0.3, 0.4) is 0 Å². The summed E-state index contributed by atoms with van der Waals surface area (Å²) in [5, 5.41) is 1.72. The summed E-state index contributed by atoms with van der Waals surface area (Å²) in [6.45, 7) is 2.22. The average Bonchev–Trinajstić information content (AvgIpc) is 2.12. The van der Waals surface area contributed by atoms with Crippen LogP contribution in [0.4, 0.5) is 17.6 Å². The molecular formula is C9H16F4N2O. The quantitative estimate of drug-likeness (QED) is 0.693. The maximum absolute atomic E-state index is 12.4. The second-order valence-corrected chi connectivity index (χ2v) is 4.02. The average molecular weight is 244 g/mol. The van der Waals surface area contributed by atoms with E-state index >= 15 is 0 Å². The molecular weight excluding hydrogens is 228 g/mol. The molecule has 7 heteroatoms. The molecule has 0 heterocycles. The largest absolute Gasteiger partial charge is 0.348 e. The molecule has 16 heavy (non-hydrogen) atoms. The van der Waals surface area contributed by atoms with Gasteiger partial charge < -0.3 is 11.1 Å². The van der Waals surface area contributed by atoms with Crippen molar-refractivity contribution in [3.05, 3.63) is 0 Å². The zero-order chi connectivity index (χ0) is 12.9. The minimum Gasteiger partial charge on any atom is -0.348 e. The molecule has 0 saturated carbocycles. The number of nitrogens with one attached hydrogen (secondary N) is 1. The molecule has 3 N–H and O–H groups in total. The van der Waals surface area contributed by atoms with Gasteiger partial charge in [0.15, 0.2) is 0 Å². The number of halogens is 4. The van der Waals surface area contributed by atoms with Crippen LogP contribution >= 0.6 is 0 Å². The molecule has 0 aliphatic carbocycles. The number of alkyl halides is 4. The lowest BCUT2D eigenvalue weighted by molar-refractivity contribution is -0.137. The van der Waals surface area contributed by atoms with E-state index in [1.165, 1.54) is 0 Å². The number of nitrogens with two attached hydrogens (primary N) is 1. The van der Waals surface area contributed by atoms with Gasteiger partial charge in [-0.05, 0) is 12.3 Å². The van der Waals surface area contributed by atoms with E-state index in [1.54, 1.807) is 19.2 Å². The predicted molar refractivity (Wildman–Crippen MR) is 51.4 cm³/mol. The van der Waals surface area contributed by atoms with E-state index < -0.39 is 30.8 Å². The molecule has 0 saturated heterocycles. The Morgan fingerprint density at radius 2 is 1.88 bits per heavy atom. The molecule has 96 valence electrons. The van der Waals surface area contributed by atoms with Crippen molar-refractivity contribution in [2.45, 2.75) is 38.7 Å². The van der Waals surface area contributed by atoms with Crippen LogP contribution in [-0.4, -0.2) is 30.8 Å². The van der Waals surface area contributed by atoms with Crippen LogP contribution in [0.2, 0.25) is 0 Å². The van der Waals surface area contributed by atoms with Crippen molar-refractivity contribution in [2.24, 2.45) is 11.7 Å². The van der Waals surface area contributed by atoms with Gasteiger partial charge in [-0.2, -0.15) is 8.78 Å². The van der Waals surface area contributed by atoms with Crippen LogP contribution in [0, 0.1) is 5.92 Å². The first-order valence-corrected chi connectivity index (χ1v) is 4.86. The summed E-state index contributed by atoms with van der Waals surface area (Å²) in [4.78, 5) is 11.1. The summed E-state index contributed by atoms with van der Waals surface area (Å²) >= 11 is 0. The number of carbonyl (C=O) groups is 1. The third-order valence-corrected chi connectivity index (χ3v) is 1.88. The van der Waals surface area contributed by atoms with E-state index in [0.717, 1.165) is 0 Å². The van der Waals surface area contributed by atoms with E-state index in [4.69, 9.17) is 5.73 Å². The number of rotatable bonds is 6. The molecule has 0 unspecified atom stereocenters. The van der Waals surface area contributed by atoms with E-state index in [0.29, 0.717) is 6.42 Å². The molecule has 0 aliphatic rings. The molecule has 1 atom stereocenters. The number of hydrogen-bond donors (Lipinski definition) is 2. The van der Waals surface area contributed by atoms with Gasteiger partial charge in [0.25, 0.3) is 0 Å². The Morgan fingerprint density at radius 3 is 2.25 bits per heavy atom. The maximum atomic E-state index is 12.4. The standard InChI is InChI=1S/C9H16F4N2O/c1-5(2)3-6(14)7(16)15-4-9(12,13)8(10)11/h5-6,8H,3-4,14H2,1-2H3,(H,15,16)/t6-/m1/s1. The van der Waals surface area contributed by atoms with Crippen LogP contribution in [0.25, 0.3) is 0 Å².